The standard InChI is InChI=1S/C17H14F3N7/c18-17(19,20)13-3-1-10(2-4-13)8-27-9-11(7-22-27)5-12-6-14(21)23-16-15(12)24-26-25-16/h1-4,6-7,9H,5,8H2,(H3,21,23,24,25,26). The average Bonchev–Trinajstić information content (AvgIpc) is 3.24. The highest BCUT2D eigenvalue weighted by atomic mass is 19.4. The highest BCUT2D eigenvalue weighted by Crippen LogP contribution is 2.29. The number of aromatic amines is 1. The molecule has 0 fully saturated rings. The molecule has 3 heterocycles. The number of H-pyrrole nitrogens is 1. The third-order valence-electron chi connectivity index (χ3n) is 4.10. The first-order valence-electron chi connectivity index (χ1n) is 8.02. The lowest BCUT2D eigenvalue weighted by atomic mass is 10.1. The van der Waals surface area contributed by atoms with Crippen molar-refractivity contribution in [2.45, 2.75) is 19.1 Å². The molecule has 3 aromatic heterocycles. The molecule has 0 radical (unpaired) electrons. The molecule has 0 atom stereocenters. The van der Waals surface area contributed by atoms with Crippen molar-refractivity contribution in [2.75, 3.05) is 5.73 Å². The summed E-state index contributed by atoms with van der Waals surface area (Å²) in [5.74, 6) is 0.362. The summed E-state index contributed by atoms with van der Waals surface area (Å²) in [7, 11) is 0. The number of nitrogen functional groups attached to an aromatic ring is 1. The number of anilines is 1. The molecule has 0 aliphatic rings. The third kappa shape index (κ3) is 3.59. The van der Waals surface area contributed by atoms with Crippen molar-refractivity contribution in [1.29, 1.82) is 0 Å². The van der Waals surface area contributed by atoms with Gasteiger partial charge in [0, 0.05) is 12.6 Å². The number of fused-ring (bicyclic) bond motifs is 1. The molecule has 3 N–H and O–H groups in total. The van der Waals surface area contributed by atoms with Crippen molar-refractivity contribution in [3.8, 4) is 0 Å². The molecule has 4 aromatic rings. The lowest BCUT2D eigenvalue weighted by molar-refractivity contribution is -0.137. The predicted octanol–water partition coefficient (Wildman–Crippen LogP) is 2.79. The molecule has 0 spiro atoms. The van der Waals surface area contributed by atoms with Crippen molar-refractivity contribution in [3.63, 3.8) is 0 Å². The molecule has 4 rings (SSSR count). The van der Waals surface area contributed by atoms with Crippen LogP contribution in [0.4, 0.5) is 19.0 Å². The van der Waals surface area contributed by atoms with E-state index in [0.717, 1.165) is 28.8 Å². The summed E-state index contributed by atoms with van der Waals surface area (Å²) in [6.45, 7) is 0.371. The molecule has 1 aromatic carbocycles. The topological polar surface area (TPSA) is 98.3 Å². The van der Waals surface area contributed by atoms with E-state index >= 15 is 0 Å². The van der Waals surface area contributed by atoms with E-state index in [-0.39, 0.29) is 0 Å². The number of pyridine rings is 1. The van der Waals surface area contributed by atoms with Crippen molar-refractivity contribution in [1.82, 2.24) is 30.2 Å². The molecule has 138 valence electrons. The van der Waals surface area contributed by atoms with Gasteiger partial charge in [-0.1, -0.05) is 17.3 Å². The minimum absolute atomic E-state index is 0.362. The Balaban J connectivity index is 1.51. The second kappa shape index (κ2) is 6.38. The van der Waals surface area contributed by atoms with E-state index in [4.69, 9.17) is 5.73 Å². The molecule has 0 unspecified atom stereocenters. The number of aromatic nitrogens is 6. The van der Waals surface area contributed by atoms with Crippen LogP contribution in [0.5, 0.6) is 0 Å². The summed E-state index contributed by atoms with van der Waals surface area (Å²) in [5, 5.41) is 14.7. The quantitative estimate of drug-likeness (QED) is 0.573. The first-order valence-corrected chi connectivity index (χ1v) is 8.02. The summed E-state index contributed by atoms with van der Waals surface area (Å²) in [6, 6.07) is 6.78. The Morgan fingerprint density at radius 1 is 1.11 bits per heavy atom. The Morgan fingerprint density at radius 3 is 2.63 bits per heavy atom. The second-order valence-corrected chi connectivity index (χ2v) is 6.13. The van der Waals surface area contributed by atoms with Crippen LogP contribution in [0.15, 0.2) is 42.7 Å². The van der Waals surface area contributed by atoms with Crippen LogP contribution in [-0.4, -0.2) is 30.2 Å². The molecule has 10 heteroatoms. The normalized spacial score (nSPS) is 12.0. The van der Waals surface area contributed by atoms with E-state index in [1.54, 1.807) is 16.9 Å². The Hall–Kier alpha value is -3.43. The molecule has 0 bridgehead atoms. The van der Waals surface area contributed by atoms with Gasteiger partial charge in [0.2, 0.25) is 0 Å². The van der Waals surface area contributed by atoms with E-state index < -0.39 is 11.7 Å². The lowest BCUT2D eigenvalue weighted by Crippen LogP contribution is -2.05. The predicted molar refractivity (Wildman–Crippen MR) is 91.7 cm³/mol. The Morgan fingerprint density at radius 2 is 1.89 bits per heavy atom. The number of alkyl halides is 3. The zero-order chi connectivity index (χ0) is 19.0. The van der Waals surface area contributed by atoms with Crippen molar-refractivity contribution >= 4 is 17.0 Å². The van der Waals surface area contributed by atoms with Gasteiger partial charge in [-0.05, 0) is 34.9 Å². The minimum atomic E-state index is -4.34. The van der Waals surface area contributed by atoms with Gasteiger partial charge in [0.25, 0.3) is 0 Å². The van der Waals surface area contributed by atoms with E-state index in [2.05, 4.69) is 25.5 Å². The smallest absolute Gasteiger partial charge is 0.384 e. The van der Waals surface area contributed by atoms with Crippen LogP contribution < -0.4 is 5.73 Å². The molecular formula is C17H14F3N7. The largest absolute Gasteiger partial charge is 0.416 e. The molecule has 0 amide bonds. The maximum atomic E-state index is 12.6. The van der Waals surface area contributed by atoms with Gasteiger partial charge in [0.15, 0.2) is 5.65 Å². The number of nitrogens with two attached hydrogens (primary N) is 1. The Labute approximate surface area is 151 Å². The lowest BCUT2D eigenvalue weighted by Gasteiger charge is -2.07. The second-order valence-electron chi connectivity index (χ2n) is 6.13. The van der Waals surface area contributed by atoms with Crippen LogP contribution in [0.25, 0.3) is 11.2 Å². The summed E-state index contributed by atoms with van der Waals surface area (Å²) in [6.07, 6.45) is -0.272. The van der Waals surface area contributed by atoms with Crippen molar-refractivity contribution < 1.29 is 13.2 Å². The van der Waals surface area contributed by atoms with Gasteiger partial charge in [0.1, 0.15) is 11.3 Å². The minimum Gasteiger partial charge on any atom is -0.384 e. The number of benzene rings is 1. The third-order valence-corrected chi connectivity index (χ3v) is 4.10. The number of hydrogen-bond acceptors (Lipinski definition) is 5. The van der Waals surface area contributed by atoms with Crippen LogP contribution in [-0.2, 0) is 19.1 Å². The van der Waals surface area contributed by atoms with Crippen LogP contribution in [0, 0.1) is 0 Å². The first-order chi connectivity index (χ1) is 12.9. The Kier molecular flexibility index (Phi) is 4.02. The number of rotatable bonds is 4. The van der Waals surface area contributed by atoms with E-state index in [9.17, 15) is 13.2 Å². The highest BCUT2D eigenvalue weighted by Gasteiger charge is 2.29. The number of halogens is 3. The summed E-state index contributed by atoms with van der Waals surface area (Å²) < 4.78 is 39.6. The molecule has 27 heavy (non-hydrogen) atoms. The zero-order valence-corrected chi connectivity index (χ0v) is 13.9. The number of nitrogens with one attached hydrogen (secondary N) is 1. The zero-order valence-electron chi connectivity index (χ0n) is 13.9. The Bertz CT molecular complexity index is 1080. The number of nitrogens with zero attached hydrogens (tertiary/aromatic N) is 5. The van der Waals surface area contributed by atoms with Gasteiger partial charge in [-0.3, -0.25) is 4.68 Å². The molecule has 0 saturated carbocycles. The van der Waals surface area contributed by atoms with E-state index in [1.165, 1.54) is 12.1 Å². The maximum absolute atomic E-state index is 12.6. The van der Waals surface area contributed by atoms with Crippen LogP contribution in [0.2, 0.25) is 0 Å². The van der Waals surface area contributed by atoms with Crippen molar-refractivity contribution in [3.05, 3.63) is 65.0 Å². The first kappa shape index (κ1) is 17.0. The molecule has 0 aliphatic heterocycles. The fraction of sp³-hybridized carbons (Fsp3) is 0.176. The van der Waals surface area contributed by atoms with E-state index in [0.29, 0.717) is 29.9 Å². The summed E-state index contributed by atoms with van der Waals surface area (Å²) in [4.78, 5) is 4.12. The van der Waals surface area contributed by atoms with E-state index in [1.807, 2.05) is 6.20 Å². The van der Waals surface area contributed by atoms with Gasteiger partial charge >= 0.3 is 6.18 Å². The van der Waals surface area contributed by atoms with Crippen LogP contribution in [0.3, 0.4) is 0 Å². The fourth-order valence-electron chi connectivity index (χ4n) is 2.85. The monoisotopic (exact) mass is 373 g/mol. The van der Waals surface area contributed by atoms with Gasteiger partial charge < -0.3 is 5.73 Å². The van der Waals surface area contributed by atoms with Gasteiger partial charge in [-0.25, -0.2) is 10.1 Å². The average molecular weight is 373 g/mol. The molecular weight excluding hydrogens is 359 g/mol. The fourth-order valence-corrected chi connectivity index (χ4v) is 2.85. The number of hydrogen-bond donors (Lipinski definition) is 2. The highest BCUT2D eigenvalue weighted by molar-refractivity contribution is 5.76. The molecule has 0 aliphatic carbocycles. The summed E-state index contributed by atoms with van der Waals surface area (Å²) >= 11 is 0. The van der Waals surface area contributed by atoms with Crippen molar-refractivity contribution in [2.24, 2.45) is 0 Å². The van der Waals surface area contributed by atoms with Crippen LogP contribution >= 0.6 is 0 Å². The molecule has 7 nitrogen and oxygen atoms in total. The molecule has 0 saturated heterocycles. The SMILES string of the molecule is Nc1cc(Cc2cnn(Cc3ccc(C(F)(F)F)cc3)c2)c2nn[nH]c2n1. The van der Waals surface area contributed by atoms with Gasteiger partial charge in [0.05, 0.1) is 18.3 Å². The van der Waals surface area contributed by atoms with Gasteiger partial charge in [-0.15, -0.1) is 5.10 Å². The van der Waals surface area contributed by atoms with Gasteiger partial charge in [-0.2, -0.15) is 18.3 Å². The van der Waals surface area contributed by atoms with Crippen LogP contribution in [0.1, 0.15) is 22.3 Å². The maximum Gasteiger partial charge on any atom is 0.416 e. The summed E-state index contributed by atoms with van der Waals surface area (Å²) in [5.41, 5.74) is 8.79.